The second kappa shape index (κ2) is 5.46. The molecule has 0 bridgehead atoms. The Morgan fingerprint density at radius 3 is 2.40 bits per heavy atom. The first-order chi connectivity index (χ1) is 9.33. The van der Waals surface area contributed by atoms with Gasteiger partial charge in [0.15, 0.2) is 5.17 Å². The van der Waals surface area contributed by atoms with Crippen molar-refractivity contribution in [3.63, 3.8) is 0 Å². The molecule has 0 unspecified atom stereocenters. The van der Waals surface area contributed by atoms with Crippen LogP contribution in [0.5, 0.6) is 0 Å². The van der Waals surface area contributed by atoms with Crippen LogP contribution in [-0.2, 0) is 14.5 Å². The monoisotopic (exact) mass is 311 g/mol. The van der Waals surface area contributed by atoms with Crippen LogP contribution in [0.2, 0.25) is 5.02 Å². The number of amidine groups is 1. The van der Waals surface area contributed by atoms with E-state index in [4.69, 9.17) is 11.6 Å². The summed E-state index contributed by atoms with van der Waals surface area (Å²) in [6, 6.07) is 7.21. The molecule has 0 saturated carbocycles. The Bertz CT molecular complexity index is 588. The van der Waals surface area contributed by atoms with Gasteiger partial charge >= 0.3 is 0 Å². The lowest BCUT2D eigenvalue weighted by Crippen LogP contribution is -2.37. The van der Waals surface area contributed by atoms with Crippen molar-refractivity contribution in [1.82, 2.24) is 10.3 Å². The molecule has 1 aromatic carbocycles. The van der Waals surface area contributed by atoms with Crippen molar-refractivity contribution in [2.75, 3.05) is 0 Å². The van der Waals surface area contributed by atoms with Crippen molar-refractivity contribution in [1.29, 1.82) is 0 Å². The number of hydrogen-bond donors (Lipinski definition) is 1. The molecule has 1 aromatic rings. The van der Waals surface area contributed by atoms with E-state index < -0.39 is 4.87 Å². The molecule has 1 atom stereocenters. The molecule has 0 radical (unpaired) electrons. The van der Waals surface area contributed by atoms with Crippen LogP contribution in [-0.4, -0.2) is 22.0 Å². The summed E-state index contributed by atoms with van der Waals surface area (Å²) >= 11 is 7.20. The fraction of sp³-hybridized carbons (Fsp3) is 0.308. The molecule has 106 valence electrons. The molecule has 0 spiro atoms. The van der Waals surface area contributed by atoms with Gasteiger partial charge in [-0.2, -0.15) is 0 Å². The van der Waals surface area contributed by atoms with E-state index in [1.165, 1.54) is 30.6 Å². The van der Waals surface area contributed by atoms with Gasteiger partial charge in [-0.1, -0.05) is 35.5 Å². The minimum absolute atomic E-state index is 0.199. The molecule has 20 heavy (non-hydrogen) atoms. The Morgan fingerprint density at radius 1 is 1.30 bits per heavy atom. The maximum atomic E-state index is 11.8. The second-order valence-electron chi connectivity index (χ2n) is 4.51. The van der Waals surface area contributed by atoms with Gasteiger partial charge in [-0.15, -0.1) is 5.10 Å². The third kappa shape index (κ3) is 2.81. The predicted octanol–water partition coefficient (Wildman–Crippen LogP) is 2.52. The van der Waals surface area contributed by atoms with E-state index in [0.29, 0.717) is 10.2 Å². The maximum absolute atomic E-state index is 11.8. The molecule has 7 heteroatoms. The van der Waals surface area contributed by atoms with Gasteiger partial charge in [0.2, 0.25) is 11.8 Å². The largest absolute Gasteiger partial charge is 0.304 e. The number of rotatable bonds is 1. The van der Waals surface area contributed by atoms with Crippen molar-refractivity contribution in [3.8, 4) is 0 Å². The highest BCUT2D eigenvalue weighted by molar-refractivity contribution is 8.14. The van der Waals surface area contributed by atoms with Crippen LogP contribution in [0, 0.1) is 0 Å². The number of halogens is 1. The Labute approximate surface area is 126 Å². The lowest BCUT2D eigenvalue weighted by molar-refractivity contribution is -0.131. The van der Waals surface area contributed by atoms with E-state index in [2.05, 4.69) is 10.4 Å². The van der Waals surface area contributed by atoms with Crippen LogP contribution >= 0.6 is 23.4 Å². The summed E-state index contributed by atoms with van der Waals surface area (Å²) in [6.07, 6.45) is 0. The average Bonchev–Trinajstić information content (AvgIpc) is 2.67. The van der Waals surface area contributed by atoms with Crippen molar-refractivity contribution < 1.29 is 9.59 Å². The Balaban J connectivity index is 2.37. The van der Waals surface area contributed by atoms with E-state index >= 15 is 0 Å². The Hall–Kier alpha value is -1.53. The number of thioether (sulfide) groups is 1. The zero-order valence-electron chi connectivity index (χ0n) is 11.3. The highest BCUT2D eigenvalue weighted by atomic mass is 35.5. The van der Waals surface area contributed by atoms with Gasteiger partial charge in [-0.3, -0.25) is 9.59 Å². The number of hydrogen-bond acceptors (Lipinski definition) is 4. The van der Waals surface area contributed by atoms with Gasteiger partial charge in [0.25, 0.3) is 0 Å². The predicted molar refractivity (Wildman–Crippen MR) is 80.2 cm³/mol. The van der Waals surface area contributed by atoms with Crippen LogP contribution in [0.25, 0.3) is 0 Å². The highest BCUT2D eigenvalue weighted by Gasteiger charge is 2.43. The summed E-state index contributed by atoms with van der Waals surface area (Å²) in [5, 5.41) is 9.19. The van der Waals surface area contributed by atoms with E-state index in [1.54, 1.807) is 12.1 Å². The molecule has 0 saturated heterocycles. The van der Waals surface area contributed by atoms with Crippen LogP contribution in [0.15, 0.2) is 29.4 Å². The quantitative estimate of drug-likeness (QED) is 0.867. The fourth-order valence-corrected chi connectivity index (χ4v) is 3.28. The molecule has 1 N–H and O–H groups in total. The van der Waals surface area contributed by atoms with Crippen LogP contribution in [0.4, 0.5) is 0 Å². The fourth-order valence-electron chi connectivity index (χ4n) is 1.95. The van der Waals surface area contributed by atoms with Crippen molar-refractivity contribution >= 4 is 40.3 Å². The number of carbonyl (C=O) groups is 2. The van der Waals surface area contributed by atoms with E-state index in [1.807, 2.05) is 19.1 Å². The first-order valence-corrected chi connectivity index (χ1v) is 7.14. The molecule has 2 amide bonds. The second-order valence-corrected chi connectivity index (χ2v) is 6.33. The summed E-state index contributed by atoms with van der Waals surface area (Å²) in [7, 11) is 0. The van der Waals surface area contributed by atoms with Gasteiger partial charge in [0.05, 0.1) is 0 Å². The van der Waals surface area contributed by atoms with Crippen LogP contribution in [0.3, 0.4) is 0 Å². The van der Waals surface area contributed by atoms with Crippen molar-refractivity contribution in [2.24, 2.45) is 5.10 Å². The van der Waals surface area contributed by atoms with E-state index in [9.17, 15) is 9.59 Å². The summed E-state index contributed by atoms with van der Waals surface area (Å²) < 4.78 is 0. The summed E-state index contributed by atoms with van der Waals surface area (Å²) in [5.41, 5.74) is 0.881. The third-order valence-electron chi connectivity index (χ3n) is 2.85. The molecule has 0 aliphatic carbocycles. The number of amides is 2. The molecule has 1 aliphatic heterocycles. The molecular weight excluding hydrogens is 298 g/mol. The first-order valence-electron chi connectivity index (χ1n) is 5.95. The Morgan fingerprint density at radius 2 is 1.90 bits per heavy atom. The number of benzene rings is 1. The van der Waals surface area contributed by atoms with Gasteiger partial charge in [-0.25, -0.2) is 5.01 Å². The summed E-state index contributed by atoms with van der Waals surface area (Å²) in [6.45, 7) is 4.72. The smallest absolute Gasteiger partial charge is 0.241 e. The number of hydrazone groups is 1. The molecule has 0 fully saturated rings. The molecule has 1 heterocycles. The summed E-state index contributed by atoms with van der Waals surface area (Å²) in [4.78, 5) is 22.2. The van der Waals surface area contributed by atoms with Crippen molar-refractivity contribution in [2.45, 2.75) is 25.6 Å². The molecular formula is C13H14ClN3O2S. The van der Waals surface area contributed by atoms with Gasteiger partial charge in [0, 0.05) is 18.9 Å². The zero-order chi connectivity index (χ0) is 14.9. The average molecular weight is 312 g/mol. The lowest BCUT2D eigenvalue weighted by Gasteiger charge is -2.31. The normalized spacial score (nSPS) is 21.6. The molecule has 2 rings (SSSR count). The number of nitrogens with zero attached hydrogens (tertiary/aromatic N) is 2. The standard InChI is InChI=1S/C13H14ClN3O2S/c1-8(18)15-12-16-17(9(2)19)13(3,20-12)10-4-6-11(14)7-5-10/h4-7H,1-3H3,(H,15,16,18)/t13-/m0/s1. The molecule has 1 aliphatic rings. The molecule has 0 aromatic heterocycles. The molecule has 5 nitrogen and oxygen atoms in total. The number of nitrogens with one attached hydrogen (secondary N) is 1. The van der Waals surface area contributed by atoms with Crippen LogP contribution in [0.1, 0.15) is 26.3 Å². The SMILES string of the molecule is CC(=O)NC1=NN(C(C)=O)[C@](C)(c2ccc(Cl)cc2)S1. The van der Waals surface area contributed by atoms with Gasteiger partial charge < -0.3 is 5.32 Å². The Kier molecular flexibility index (Phi) is 4.06. The third-order valence-corrected chi connectivity index (χ3v) is 4.29. The minimum atomic E-state index is -0.700. The van der Waals surface area contributed by atoms with E-state index in [0.717, 1.165) is 5.56 Å². The zero-order valence-corrected chi connectivity index (χ0v) is 12.9. The maximum Gasteiger partial charge on any atom is 0.241 e. The minimum Gasteiger partial charge on any atom is -0.304 e. The van der Waals surface area contributed by atoms with E-state index in [-0.39, 0.29) is 11.8 Å². The topological polar surface area (TPSA) is 61.8 Å². The lowest BCUT2D eigenvalue weighted by atomic mass is 10.1. The highest BCUT2D eigenvalue weighted by Crippen LogP contribution is 2.45. The van der Waals surface area contributed by atoms with Gasteiger partial charge in [-0.05, 0) is 24.6 Å². The number of carbonyl (C=O) groups excluding carboxylic acids is 2. The van der Waals surface area contributed by atoms with Crippen molar-refractivity contribution in [3.05, 3.63) is 34.9 Å². The summed E-state index contributed by atoms with van der Waals surface area (Å²) in [5.74, 6) is -0.421. The van der Waals surface area contributed by atoms with Gasteiger partial charge in [0.1, 0.15) is 4.87 Å². The first kappa shape index (κ1) is 14.9. The van der Waals surface area contributed by atoms with Crippen LogP contribution < -0.4 is 5.32 Å².